The minimum Gasteiger partial charge on any atom is -0.351 e. The quantitative estimate of drug-likeness (QED) is 0.904. The van der Waals surface area contributed by atoms with E-state index >= 15 is 0 Å². The van der Waals surface area contributed by atoms with Crippen LogP contribution in [0.1, 0.15) is 18.9 Å². The molecule has 1 heterocycles. The average Bonchev–Trinajstić information content (AvgIpc) is 2.53. The summed E-state index contributed by atoms with van der Waals surface area (Å²) in [4.78, 5) is 23.4. The van der Waals surface area contributed by atoms with Crippen molar-refractivity contribution >= 4 is 29.5 Å². The van der Waals surface area contributed by atoms with Crippen LogP contribution in [-0.2, 0) is 6.54 Å². The first-order valence-electron chi connectivity index (χ1n) is 5.58. The number of carbonyl (C=O) groups is 1. The smallest absolute Gasteiger partial charge is 0.337 e. The van der Waals surface area contributed by atoms with E-state index in [2.05, 4.69) is 0 Å². The lowest BCUT2D eigenvalue weighted by Crippen LogP contribution is -2.32. The van der Waals surface area contributed by atoms with Crippen LogP contribution in [0.15, 0.2) is 23.0 Å². The zero-order chi connectivity index (χ0) is 12.6. The summed E-state index contributed by atoms with van der Waals surface area (Å²) in [6.07, 6.45) is 0.825. The maximum absolute atomic E-state index is 12.1. The van der Waals surface area contributed by atoms with Gasteiger partial charge in [-0.2, -0.15) is 0 Å². The van der Waals surface area contributed by atoms with Gasteiger partial charge in [0.1, 0.15) is 0 Å². The third-order valence-corrected chi connectivity index (χ3v) is 2.75. The molecule has 5 nitrogen and oxygen atoms in total. The number of fused-ring (bicyclic) bond motifs is 1. The van der Waals surface area contributed by atoms with Crippen LogP contribution in [0.2, 0.25) is 0 Å². The average molecular weight is 270 g/mol. The van der Waals surface area contributed by atoms with E-state index in [1.165, 1.54) is 0 Å². The van der Waals surface area contributed by atoms with Gasteiger partial charge in [-0.15, -0.1) is 12.4 Å². The van der Waals surface area contributed by atoms with Crippen LogP contribution in [0.3, 0.4) is 0 Å². The molecule has 18 heavy (non-hydrogen) atoms. The number of hydrogen-bond acceptors (Lipinski definition) is 2. The first kappa shape index (κ1) is 14.3. The molecule has 0 fully saturated rings. The monoisotopic (exact) mass is 269 g/mol. The predicted molar refractivity (Wildman–Crippen MR) is 73.5 cm³/mol. The van der Waals surface area contributed by atoms with Gasteiger partial charge in [-0.05, 0) is 31.0 Å². The molecule has 0 saturated carbocycles. The normalized spacial score (nSPS) is 10.3. The fourth-order valence-electron chi connectivity index (χ4n) is 2.02. The Kier molecular flexibility index (Phi) is 4.19. The van der Waals surface area contributed by atoms with Crippen molar-refractivity contribution in [2.24, 2.45) is 5.73 Å². The summed E-state index contributed by atoms with van der Waals surface area (Å²) in [7, 11) is 0. The summed E-state index contributed by atoms with van der Waals surface area (Å²) >= 11 is 0. The van der Waals surface area contributed by atoms with Gasteiger partial charge < -0.3 is 5.73 Å². The Morgan fingerprint density at radius 3 is 2.56 bits per heavy atom. The Balaban J connectivity index is 0.00000162. The van der Waals surface area contributed by atoms with Crippen LogP contribution in [0.5, 0.6) is 0 Å². The number of primary amides is 1. The van der Waals surface area contributed by atoms with Crippen molar-refractivity contribution in [1.29, 1.82) is 0 Å². The molecule has 2 N–H and O–H groups in total. The van der Waals surface area contributed by atoms with E-state index < -0.39 is 6.03 Å². The molecular weight excluding hydrogens is 254 g/mol. The van der Waals surface area contributed by atoms with Crippen LogP contribution in [0, 0.1) is 6.92 Å². The highest BCUT2D eigenvalue weighted by Gasteiger charge is 2.15. The highest BCUT2D eigenvalue weighted by molar-refractivity contribution is 5.88. The number of aryl methyl sites for hydroxylation is 2. The number of benzene rings is 1. The summed E-state index contributed by atoms with van der Waals surface area (Å²) in [5, 5.41) is 0. The van der Waals surface area contributed by atoms with Gasteiger partial charge >= 0.3 is 11.7 Å². The van der Waals surface area contributed by atoms with Crippen molar-refractivity contribution < 1.29 is 4.79 Å². The summed E-state index contributed by atoms with van der Waals surface area (Å²) in [6, 6.07) is 4.77. The lowest BCUT2D eigenvalue weighted by Gasteiger charge is -2.00. The fraction of sp³-hybridized carbons (Fsp3) is 0.333. The minimum atomic E-state index is -0.737. The molecule has 1 aromatic heterocycles. The van der Waals surface area contributed by atoms with Crippen LogP contribution in [-0.4, -0.2) is 15.2 Å². The summed E-state index contributed by atoms with van der Waals surface area (Å²) in [5.41, 5.74) is 7.25. The van der Waals surface area contributed by atoms with Gasteiger partial charge in [0.05, 0.1) is 11.0 Å². The summed E-state index contributed by atoms with van der Waals surface area (Å²) in [6.45, 7) is 4.51. The molecule has 0 bridgehead atoms. The van der Waals surface area contributed by atoms with Crippen LogP contribution >= 0.6 is 12.4 Å². The van der Waals surface area contributed by atoms with Crippen LogP contribution in [0.25, 0.3) is 11.0 Å². The molecule has 1 aromatic carbocycles. The zero-order valence-corrected chi connectivity index (χ0v) is 11.2. The molecule has 6 heteroatoms. The lowest BCUT2D eigenvalue weighted by molar-refractivity contribution is 0.250. The number of hydrogen-bond donors (Lipinski definition) is 1. The van der Waals surface area contributed by atoms with E-state index in [0.717, 1.165) is 22.1 Å². The molecule has 2 aromatic rings. The molecule has 0 aliphatic carbocycles. The summed E-state index contributed by atoms with van der Waals surface area (Å²) in [5.74, 6) is 0. The first-order valence-corrected chi connectivity index (χ1v) is 5.58. The Bertz CT molecular complexity index is 643. The SMILES string of the molecule is CCCn1c(=O)n(C(N)=O)c2ccc(C)cc21.Cl. The first-order chi connectivity index (χ1) is 8.06. The third-order valence-electron chi connectivity index (χ3n) is 2.75. The number of imidazole rings is 1. The molecule has 1 amide bonds. The number of aromatic nitrogens is 2. The van der Waals surface area contributed by atoms with Gasteiger partial charge in [0.25, 0.3) is 0 Å². The molecule has 0 saturated heterocycles. The van der Waals surface area contributed by atoms with Gasteiger partial charge in [-0.25, -0.2) is 14.2 Å². The van der Waals surface area contributed by atoms with Gasteiger partial charge in [0, 0.05) is 6.54 Å². The van der Waals surface area contributed by atoms with Gasteiger partial charge in [-0.1, -0.05) is 13.0 Å². The Hall–Kier alpha value is -1.75. The van der Waals surface area contributed by atoms with E-state index in [-0.39, 0.29) is 18.1 Å². The maximum atomic E-state index is 12.1. The second-order valence-corrected chi connectivity index (χ2v) is 4.10. The minimum absolute atomic E-state index is 0. The molecule has 0 spiro atoms. The highest BCUT2D eigenvalue weighted by Crippen LogP contribution is 2.15. The molecule has 0 aliphatic heterocycles. The van der Waals surface area contributed by atoms with Gasteiger partial charge in [-0.3, -0.25) is 4.57 Å². The van der Waals surface area contributed by atoms with Crippen molar-refractivity contribution in [3.8, 4) is 0 Å². The molecule has 0 atom stereocenters. The standard InChI is InChI=1S/C12H15N3O2.ClH/c1-3-6-14-10-7-8(2)4-5-9(10)15(11(13)16)12(14)17;/h4-5,7H,3,6H2,1-2H3,(H2,13,16);1H. The molecular formula is C12H16ClN3O2. The second-order valence-electron chi connectivity index (χ2n) is 4.10. The Morgan fingerprint density at radius 2 is 2.00 bits per heavy atom. The molecule has 0 unspecified atom stereocenters. The largest absolute Gasteiger partial charge is 0.351 e. The molecule has 0 radical (unpaired) electrons. The topological polar surface area (TPSA) is 70.0 Å². The van der Waals surface area contributed by atoms with E-state index in [1.807, 2.05) is 26.0 Å². The van der Waals surface area contributed by atoms with Crippen molar-refractivity contribution in [2.45, 2.75) is 26.8 Å². The molecule has 2 rings (SSSR count). The van der Waals surface area contributed by atoms with E-state index in [1.54, 1.807) is 10.6 Å². The predicted octanol–water partition coefficient (Wildman–Crippen LogP) is 1.87. The zero-order valence-electron chi connectivity index (χ0n) is 10.3. The van der Waals surface area contributed by atoms with Crippen molar-refractivity contribution in [2.75, 3.05) is 0 Å². The number of halogens is 1. The number of nitrogens with two attached hydrogens (primary N) is 1. The number of carbonyl (C=O) groups excluding carboxylic acids is 1. The van der Waals surface area contributed by atoms with E-state index in [9.17, 15) is 9.59 Å². The summed E-state index contributed by atoms with van der Waals surface area (Å²) < 4.78 is 2.61. The number of amides is 1. The maximum Gasteiger partial charge on any atom is 0.337 e. The number of rotatable bonds is 2. The fourth-order valence-corrected chi connectivity index (χ4v) is 2.02. The third kappa shape index (κ3) is 2.13. The lowest BCUT2D eigenvalue weighted by atomic mass is 10.2. The van der Waals surface area contributed by atoms with Crippen molar-refractivity contribution in [3.63, 3.8) is 0 Å². The molecule has 0 aliphatic rings. The van der Waals surface area contributed by atoms with Crippen LogP contribution in [0.4, 0.5) is 4.79 Å². The molecule has 98 valence electrons. The van der Waals surface area contributed by atoms with E-state index in [0.29, 0.717) is 12.1 Å². The van der Waals surface area contributed by atoms with Gasteiger partial charge in [0.15, 0.2) is 0 Å². The Morgan fingerprint density at radius 1 is 1.33 bits per heavy atom. The van der Waals surface area contributed by atoms with Crippen molar-refractivity contribution in [3.05, 3.63) is 34.2 Å². The van der Waals surface area contributed by atoms with Gasteiger partial charge in [0.2, 0.25) is 0 Å². The second kappa shape index (κ2) is 5.27. The van der Waals surface area contributed by atoms with Crippen LogP contribution < -0.4 is 11.4 Å². The van der Waals surface area contributed by atoms with Crippen molar-refractivity contribution in [1.82, 2.24) is 9.13 Å². The Labute approximate surface area is 111 Å². The number of nitrogens with zero attached hydrogens (tertiary/aromatic N) is 2. The van der Waals surface area contributed by atoms with E-state index in [4.69, 9.17) is 5.73 Å². The highest BCUT2D eigenvalue weighted by atomic mass is 35.5.